The molecule has 6 nitrogen and oxygen atoms in total. The topological polar surface area (TPSA) is 75.0 Å². The summed E-state index contributed by atoms with van der Waals surface area (Å²) in [6, 6.07) is 9.00. The Morgan fingerprint density at radius 2 is 1.76 bits per heavy atom. The summed E-state index contributed by atoms with van der Waals surface area (Å²) in [5.41, 5.74) is 4.59. The molecule has 0 spiro atoms. The summed E-state index contributed by atoms with van der Waals surface area (Å²) in [5, 5.41) is 0.939. The van der Waals surface area contributed by atoms with Gasteiger partial charge in [0.1, 0.15) is 5.58 Å². The maximum Gasteiger partial charge on any atom is 0.310 e. The van der Waals surface area contributed by atoms with Crippen molar-refractivity contribution in [2.75, 3.05) is 20.8 Å². The number of rotatable bonds is 7. The molecule has 0 atom stereocenters. The van der Waals surface area contributed by atoms with Gasteiger partial charge in [0.05, 0.1) is 26.9 Å². The molecule has 29 heavy (non-hydrogen) atoms. The number of Topliss-reactive ketones (excluding diaryl/α,β-unsaturated/α-hetero) is 1. The first kappa shape index (κ1) is 19.1. The average Bonchev–Trinajstić information content (AvgIpc) is 3.36. The lowest BCUT2D eigenvalue weighted by Gasteiger charge is -2.09. The highest BCUT2D eigenvalue weighted by Crippen LogP contribution is 2.31. The van der Waals surface area contributed by atoms with Crippen LogP contribution in [-0.4, -0.2) is 32.6 Å². The van der Waals surface area contributed by atoms with Crippen molar-refractivity contribution < 1.29 is 28.2 Å². The van der Waals surface area contributed by atoms with Gasteiger partial charge in [-0.25, -0.2) is 0 Å². The summed E-state index contributed by atoms with van der Waals surface area (Å²) in [6.45, 7) is -0.334. The number of methoxy groups -OCH3 is 2. The van der Waals surface area contributed by atoms with E-state index in [0.717, 1.165) is 35.8 Å². The Morgan fingerprint density at radius 1 is 1.00 bits per heavy atom. The molecule has 150 valence electrons. The lowest BCUT2D eigenvalue weighted by molar-refractivity contribution is -0.141. The van der Waals surface area contributed by atoms with Crippen molar-refractivity contribution in [2.45, 2.75) is 25.7 Å². The maximum atomic E-state index is 12.4. The van der Waals surface area contributed by atoms with E-state index in [-0.39, 0.29) is 18.8 Å². The molecule has 0 aliphatic heterocycles. The highest BCUT2D eigenvalue weighted by atomic mass is 16.5. The van der Waals surface area contributed by atoms with E-state index in [1.807, 2.05) is 0 Å². The third-order valence-corrected chi connectivity index (χ3v) is 5.27. The fourth-order valence-corrected chi connectivity index (χ4v) is 3.73. The van der Waals surface area contributed by atoms with Crippen LogP contribution in [0.2, 0.25) is 0 Å². The Morgan fingerprint density at radius 3 is 2.52 bits per heavy atom. The number of hydrogen-bond acceptors (Lipinski definition) is 6. The minimum absolute atomic E-state index is 0.0605. The quantitative estimate of drug-likeness (QED) is 0.447. The second kappa shape index (κ2) is 7.99. The third kappa shape index (κ3) is 3.83. The molecule has 0 amide bonds. The van der Waals surface area contributed by atoms with E-state index in [2.05, 4.69) is 12.1 Å². The number of carbonyl (C=O) groups excluding carboxylic acids is 2. The molecule has 1 aliphatic rings. The first-order valence-electron chi connectivity index (χ1n) is 9.51. The molecular formula is C23H22O6. The van der Waals surface area contributed by atoms with Crippen molar-refractivity contribution >= 4 is 22.7 Å². The fraction of sp³-hybridized carbons (Fsp3) is 0.304. The van der Waals surface area contributed by atoms with Crippen molar-refractivity contribution in [1.29, 1.82) is 0 Å². The average molecular weight is 394 g/mol. The van der Waals surface area contributed by atoms with Crippen molar-refractivity contribution in [3.8, 4) is 11.5 Å². The van der Waals surface area contributed by atoms with Crippen molar-refractivity contribution in [2.24, 2.45) is 0 Å². The first-order valence-corrected chi connectivity index (χ1v) is 9.51. The monoisotopic (exact) mass is 394 g/mol. The molecule has 0 saturated heterocycles. The largest absolute Gasteiger partial charge is 0.493 e. The fourth-order valence-electron chi connectivity index (χ4n) is 3.73. The molecule has 4 rings (SSSR count). The van der Waals surface area contributed by atoms with E-state index >= 15 is 0 Å². The first-order chi connectivity index (χ1) is 14.1. The Bertz CT molecular complexity index is 1080. The third-order valence-electron chi connectivity index (χ3n) is 5.27. The minimum atomic E-state index is -0.470. The zero-order chi connectivity index (χ0) is 20.4. The molecule has 6 heteroatoms. The SMILES string of the molecule is COc1ccc(C(=O)COC(=O)Cc2coc3cc4c(cc23)CCC4)cc1OC. The molecule has 0 radical (unpaired) electrons. The molecule has 0 saturated carbocycles. The summed E-state index contributed by atoms with van der Waals surface area (Å²) in [5.74, 6) is 0.192. The predicted octanol–water partition coefficient (Wildman–Crippen LogP) is 3.91. The number of hydrogen-bond donors (Lipinski definition) is 0. The number of esters is 1. The van der Waals surface area contributed by atoms with Gasteiger partial charge in [0, 0.05) is 16.5 Å². The van der Waals surface area contributed by atoms with Crippen LogP contribution in [0.1, 0.15) is 33.5 Å². The second-order valence-electron chi connectivity index (χ2n) is 7.06. The van der Waals surface area contributed by atoms with Crippen LogP contribution in [0.25, 0.3) is 11.0 Å². The van der Waals surface area contributed by atoms with Crippen LogP contribution in [0, 0.1) is 0 Å². The van der Waals surface area contributed by atoms with E-state index in [1.54, 1.807) is 24.5 Å². The number of ketones is 1. The molecule has 3 aromatic rings. The Hall–Kier alpha value is -3.28. The van der Waals surface area contributed by atoms with Crippen molar-refractivity contribution in [3.63, 3.8) is 0 Å². The highest BCUT2D eigenvalue weighted by molar-refractivity contribution is 5.98. The van der Waals surface area contributed by atoms with Crippen LogP contribution < -0.4 is 9.47 Å². The summed E-state index contributed by atoms with van der Waals surface area (Å²) in [6.07, 6.45) is 4.93. The standard InChI is InChI=1S/C23H22O6/c1-26-20-7-6-16(10-22(20)27-2)19(24)13-29-23(25)11-17-12-28-21-9-15-5-3-4-14(15)8-18(17)21/h6-10,12H,3-5,11,13H2,1-2H3. The molecule has 0 bridgehead atoms. The van der Waals surface area contributed by atoms with Gasteiger partial charge in [0.15, 0.2) is 23.9 Å². The number of carbonyl (C=O) groups is 2. The van der Waals surface area contributed by atoms with Gasteiger partial charge < -0.3 is 18.6 Å². The van der Waals surface area contributed by atoms with Gasteiger partial charge in [0.25, 0.3) is 0 Å². The van der Waals surface area contributed by atoms with Crippen LogP contribution in [0.3, 0.4) is 0 Å². The van der Waals surface area contributed by atoms with E-state index in [0.29, 0.717) is 17.1 Å². The van der Waals surface area contributed by atoms with Crippen molar-refractivity contribution in [1.82, 2.24) is 0 Å². The van der Waals surface area contributed by atoms with Gasteiger partial charge in [-0.15, -0.1) is 0 Å². The predicted molar refractivity (Wildman–Crippen MR) is 107 cm³/mol. The highest BCUT2D eigenvalue weighted by Gasteiger charge is 2.18. The molecular weight excluding hydrogens is 372 g/mol. The maximum absolute atomic E-state index is 12.4. The van der Waals surface area contributed by atoms with E-state index in [1.165, 1.54) is 25.3 Å². The zero-order valence-corrected chi connectivity index (χ0v) is 16.4. The van der Waals surface area contributed by atoms with Crippen LogP contribution in [-0.2, 0) is 28.8 Å². The van der Waals surface area contributed by atoms with E-state index in [4.69, 9.17) is 18.6 Å². The molecule has 0 fully saturated rings. The van der Waals surface area contributed by atoms with Crippen LogP contribution >= 0.6 is 0 Å². The van der Waals surface area contributed by atoms with Gasteiger partial charge in [0.2, 0.25) is 0 Å². The Kier molecular flexibility index (Phi) is 5.25. The number of benzene rings is 2. The van der Waals surface area contributed by atoms with Crippen molar-refractivity contribution in [3.05, 3.63) is 58.8 Å². The smallest absolute Gasteiger partial charge is 0.310 e. The zero-order valence-electron chi connectivity index (χ0n) is 16.4. The van der Waals surface area contributed by atoms with Gasteiger partial charge >= 0.3 is 5.97 Å². The minimum Gasteiger partial charge on any atom is -0.493 e. The number of aryl methyl sites for hydroxylation is 2. The van der Waals surface area contributed by atoms with E-state index < -0.39 is 5.97 Å². The number of fused-ring (bicyclic) bond motifs is 2. The number of ether oxygens (including phenoxy) is 3. The van der Waals surface area contributed by atoms with Gasteiger partial charge in [-0.3, -0.25) is 9.59 Å². The molecule has 1 aromatic heterocycles. The molecule has 0 N–H and O–H groups in total. The van der Waals surface area contributed by atoms with Crippen LogP contribution in [0.5, 0.6) is 11.5 Å². The Balaban J connectivity index is 1.40. The summed E-state index contributed by atoms with van der Waals surface area (Å²) in [7, 11) is 3.02. The summed E-state index contributed by atoms with van der Waals surface area (Å²) in [4.78, 5) is 24.7. The molecule has 1 heterocycles. The summed E-state index contributed by atoms with van der Waals surface area (Å²) < 4.78 is 21.2. The summed E-state index contributed by atoms with van der Waals surface area (Å²) >= 11 is 0. The van der Waals surface area contributed by atoms with Crippen LogP contribution in [0.15, 0.2) is 41.0 Å². The van der Waals surface area contributed by atoms with E-state index in [9.17, 15) is 9.59 Å². The van der Waals surface area contributed by atoms with Gasteiger partial charge in [-0.05, 0) is 60.7 Å². The molecule has 0 unspecified atom stereocenters. The second-order valence-corrected chi connectivity index (χ2v) is 7.06. The Labute approximate surface area is 168 Å². The lowest BCUT2D eigenvalue weighted by Crippen LogP contribution is -2.15. The van der Waals surface area contributed by atoms with Gasteiger partial charge in [-0.2, -0.15) is 0 Å². The molecule has 2 aromatic carbocycles. The normalized spacial score (nSPS) is 12.6. The van der Waals surface area contributed by atoms with Gasteiger partial charge in [-0.1, -0.05) is 0 Å². The number of furan rings is 1. The van der Waals surface area contributed by atoms with Crippen LogP contribution in [0.4, 0.5) is 0 Å². The molecule has 1 aliphatic carbocycles. The lowest BCUT2D eigenvalue weighted by atomic mass is 10.0.